The SMILES string of the molecule is CCn1ccnc1CC(=O)CCC(C)C. The quantitative estimate of drug-likeness (QED) is 0.719. The molecular weight excluding hydrogens is 188 g/mol. The third-order valence-electron chi connectivity index (χ3n) is 2.50. The summed E-state index contributed by atoms with van der Waals surface area (Å²) in [7, 11) is 0. The van der Waals surface area contributed by atoms with Gasteiger partial charge in [-0.25, -0.2) is 4.98 Å². The molecule has 3 nitrogen and oxygen atoms in total. The summed E-state index contributed by atoms with van der Waals surface area (Å²) in [6, 6.07) is 0. The minimum atomic E-state index is 0.296. The van der Waals surface area contributed by atoms with E-state index < -0.39 is 0 Å². The van der Waals surface area contributed by atoms with Crippen molar-refractivity contribution < 1.29 is 4.79 Å². The number of ketones is 1. The molecule has 1 aromatic heterocycles. The molecule has 1 rings (SSSR count). The predicted molar refractivity (Wildman–Crippen MR) is 60.7 cm³/mol. The Labute approximate surface area is 91.5 Å². The number of carbonyl (C=O) groups is 1. The van der Waals surface area contributed by atoms with Crippen molar-refractivity contribution in [2.24, 2.45) is 5.92 Å². The van der Waals surface area contributed by atoms with Crippen LogP contribution in [0.5, 0.6) is 0 Å². The van der Waals surface area contributed by atoms with Crippen molar-refractivity contribution in [1.82, 2.24) is 9.55 Å². The maximum Gasteiger partial charge on any atom is 0.140 e. The Morgan fingerprint density at radius 3 is 2.87 bits per heavy atom. The highest BCUT2D eigenvalue weighted by atomic mass is 16.1. The van der Waals surface area contributed by atoms with Crippen LogP contribution in [0.1, 0.15) is 39.4 Å². The summed E-state index contributed by atoms with van der Waals surface area (Å²) in [5, 5.41) is 0. The molecule has 0 saturated heterocycles. The molecule has 0 bridgehead atoms. The molecule has 0 radical (unpaired) electrons. The molecule has 0 fully saturated rings. The maximum absolute atomic E-state index is 11.6. The molecule has 1 aromatic rings. The van der Waals surface area contributed by atoms with Crippen molar-refractivity contribution in [3.63, 3.8) is 0 Å². The largest absolute Gasteiger partial charge is 0.335 e. The van der Waals surface area contributed by atoms with E-state index in [-0.39, 0.29) is 0 Å². The zero-order valence-electron chi connectivity index (χ0n) is 9.86. The average molecular weight is 208 g/mol. The number of hydrogen-bond donors (Lipinski definition) is 0. The van der Waals surface area contributed by atoms with Crippen LogP contribution in [-0.4, -0.2) is 15.3 Å². The molecule has 84 valence electrons. The van der Waals surface area contributed by atoms with E-state index in [1.54, 1.807) is 6.20 Å². The van der Waals surface area contributed by atoms with Gasteiger partial charge in [-0.1, -0.05) is 13.8 Å². The Kier molecular flexibility index (Phi) is 4.53. The Morgan fingerprint density at radius 2 is 2.27 bits per heavy atom. The number of Topliss-reactive ketones (excluding diaryl/α,β-unsaturated/α-hetero) is 1. The van der Waals surface area contributed by atoms with Gasteiger partial charge in [0.05, 0.1) is 6.42 Å². The molecule has 15 heavy (non-hydrogen) atoms. The number of aryl methyl sites for hydroxylation is 1. The van der Waals surface area contributed by atoms with E-state index in [1.807, 2.05) is 10.8 Å². The summed E-state index contributed by atoms with van der Waals surface area (Å²) in [4.78, 5) is 15.8. The second-order valence-corrected chi connectivity index (χ2v) is 4.28. The molecule has 0 saturated carbocycles. The van der Waals surface area contributed by atoms with Gasteiger partial charge in [0.1, 0.15) is 11.6 Å². The Morgan fingerprint density at radius 1 is 1.53 bits per heavy atom. The lowest BCUT2D eigenvalue weighted by atomic mass is 10.0. The Hall–Kier alpha value is -1.12. The molecule has 0 amide bonds. The lowest BCUT2D eigenvalue weighted by molar-refractivity contribution is -0.118. The standard InChI is InChI=1S/C12H20N2O/c1-4-14-8-7-13-12(14)9-11(15)6-5-10(2)3/h7-8,10H,4-6,9H2,1-3H3. The summed E-state index contributed by atoms with van der Waals surface area (Å²) in [6.45, 7) is 7.22. The van der Waals surface area contributed by atoms with Gasteiger partial charge in [-0.3, -0.25) is 4.79 Å². The molecule has 0 atom stereocenters. The second-order valence-electron chi connectivity index (χ2n) is 4.28. The van der Waals surface area contributed by atoms with Crippen LogP contribution in [0.15, 0.2) is 12.4 Å². The van der Waals surface area contributed by atoms with Crippen LogP contribution in [0.25, 0.3) is 0 Å². The predicted octanol–water partition coefficient (Wildman–Crippen LogP) is 2.45. The van der Waals surface area contributed by atoms with Crippen LogP contribution in [0, 0.1) is 5.92 Å². The van der Waals surface area contributed by atoms with E-state index in [0.29, 0.717) is 24.5 Å². The number of aromatic nitrogens is 2. The summed E-state index contributed by atoms with van der Waals surface area (Å²) in [5.41, 5.74) is 0. The van der Waals surface area contributed by atoms with Crippen LogP contribution >= 0.6 is 0 Å². The van der Waals surface area contributed by atoms with Gasteiger partial charge in [0.25, 0.3) is 0 Å². The number of imidazole rings is 1. The molecule has 0 spiro atoms. The van der Waals surface area contributed by atoms with Crippen LogP contribution in [-0.2, 0) is 17.8 Å². The molecule has 0 aliphatic heterocycles. The van der Waals surface area contributed by atoms with Crippen molar-refractivity contribution in [1.29, 1.82) is 0 Å². The maximum atomic E-state index is 11.6. The molecule has 0 aliphatic carbocycles. The number of hydrogen-bond acceptors (Lipinski definition) is 2. The fourth-order valence-electron chi connectivity index (χ4n) is 1.51. The third-order valence-corrected chi connectivity index (χ3v) is 2.50. The fraction of sp³-hybridized carbons (Fsp3) is 0.667. The smallest absolute Gasteiger partial charge is 0.140 e. The first-order chi connectivity index (χ1) is 7.13. The first-order valence-electron chi connectivity index (χ1n) is 5.65. The first-order valence-corrected chi connectivity index (χ1v) is 5.65. The molecule has 0 unspecified atom stereocenters. The number of carbonyl (C=O) groups excluding carboxylic acids is 1. The van der Waals surface area contributed by atoms with E-state index >= 15 is 0 Å². The normalized spacial score (nSPS) is 10.9. The van der Waals surface area contributed by atoms with Crippen molar-refractivity contribution in [2.45, 2.75) is 46.6 Å². The lowest BCUT2D eigenvalue weighted by Crippen LogP contribution is -2.09. The minimum Gasteiger partial charge on any atom is -0.335 e. The van der Waals surface area contributed by atoms with Crippen LogP contribution in [0.3, 0.4) is 0 Å². The molecular formula is C12H20N2O. The van der Waals surface area contributed by atoms with E-state index in [9.17, 15) is 4.79 Å². The lowest BCUT2D eigenvalue weighted by Gasteiger charge is -2.05. The van der Waals surface area contributed by atoms with Crippen molar-refractivity contribution in [3.05, 3.63) is 18.2 Å². The van der Waals surface area contributed by atoms with Crippen LogP contribution < -0.4 is 0 Å². The zero-order chi connectivity index (χ0) is 11.3. The Balaban J connectivity index is 2.44. The van der Waals surface area contributed by atoms with Crippen molar-refractivity contribution in [3.8, 4) is 0 Å². The van der Waals surface area contributed by atoms with E-state index in [1.165, 1.54) is 0 Å². The van der Waals surface area contributed by atoms with Gasteiger partial charge in [-0.05, 0) is 19.3 Å². The van der Waals surface area contributed by atoms with Crippen LogP contribution in [0.4, 0.5) is 0 Å². The van der Waals surface area contributed by atoms with Crippen molar-refractivity contribution >= 4 is 5.78 Å². The van der Waals surface area contributed by atoms with Gasteiger partial charge >= 0.3 is 0 Å². The second kappa shape index (κ2) is 5.69. The summed E-state index contributed by atoms with van der Waals surface area (Å²) >= 11 is 0. The van der Waals surface area contributed by atoms with Gasteiger partial charge in [0.2, 0.25) is 0 Å². The van der Waals surface area contributed by atoms with Crippen molar-refractivity contribution in [2.75, 3.05) is 0 Å². The monoisotopic (exact) mass is 208 g/mol. The molecule has 3 heteroatoms. The van der Waals surface area contributed by atoms with Gasteiger partial charge < -0.3 is 4.57 Å². The highest BCUT2D eigenvalue weighted by Crippen LogP contribution is 2.07. The Bertz CT molecular complexity index is 315. The summed E-state index contributed by atoms with van der Waals surface area (Å²) < 4.78 is 2.02. The highest BCUT2D eigenvalue weighted by Gasteiger charge is 2.08. The third kappa shape index (κ3) is 3.86. The number of rotatable bonds is 6. The van der Waals surface area contributed by atoms with E-state index in [0.717, 1.165) is 18.8 Å². The highest BCUT2D eigenvalue weighted by molar-refractivity contribution is 5.80. The van der Waals surface area contributed by atoms with Gasteiger partial charge in [0, 0.05) is 25.4 Å². The van der Waals surface area contributed by atoms with Gasteiger partial charge in [-0.15, -0.1) is 0 Å². The van der Waals surface area contributed by atoms with Gasteiger partial charge in [0.15, 0.2) is 0 Å². The summed E-state index contributed by atoms with van der Waals surface area (Å²) in [5.74, 6) is 1.79. The first kappa shape index (κ1) is 12.0. The minimum absolute atomic E-state index is 0.296. The fourth-order valence-corrected chi connectivity index (χ4v) is 1.51. The van der Waals surface area contributed by atoms with Crippen LogP contribution in [0.2, 0.25) is 0 Å². The van der Waals surface area contributed by atoms with E-state index in [2.05, 4.69) is 25.8 Å². The molecule has 0 aromatic carbocycles. The number of nitrogens with zero attached hydrogens (tertiary/aromatic N) is 2. The average Bonchev–Trinajstić information content (AvgIpc) is 2.62. The summed E-state index contributed by atoms with van der Waals surface area (Å²) in [6.07, 6.45) is 5.81. The topological polar surface area (TPSA) is 34.9 Å². The zero-order valence-corrected chi connectivity index (χ0v) is 9.86. The van der Waals surface area contributed by atoms with E-state index in [4.69, 9.17) is 0 Å². The molecule has 0 aliphatic rings. The molecule has 1 heterocycles. The van der Waals surface area contributed by atoms with Gasteiger partial charge in [-0.2, -0.15) is 0 Å². The molecule has 0 N–H and O–H groups in total.